The van der Waals surface area contributed by atoms with Gasteiger partial charge in [0.25, 0.3) is 5.78 Å². The smallest absolute Gasteiger partial charge is 0.252 e. The molecule has 0 aromatic heterocycles. The normalized spacial score (nSPS) is 21.5. The first-order valence-electron chi connectivity index (χ1n) is 9.22. The summed E-state index contributed by atoms with van der Waals surface area (Å²) in [6, 6.07) is 0. The van der Waals surface area contributed by atoms with Gasteiger partial charge >= 0.3 is 0 Å². The Hall–Kier alpha value is -3.15. The van der Waals surface area contributed by atoms with Gasteiger partial charge in [-0.3, -0.25) is 20.4 Å². The number of allylic oxidation sites excluding steroid dienone is 10. The summed E-state index contributed by atoms with van der Waals surface area (Å²) in [6.07, 6.45) is 12.6. The molecule has 2 aliphatic carbocycles. The molecule has 1 saturated carbocycles. The summed E-state index contributed by atoms with van der Waals surface area (Å²) in [6.45, 7) is 11.5. The summed E-state index contributed by atoms with van der Waals surface area (Å²) in [5, 5.41) is 11.7. The number of halogens is 1. The molecule has 0 bridgehead atoms. The highest BCUT2D eigenvalue weighted by atomic mass is 19.1. The summed E-state index contributed by atoms with van der Waals surface area (Å²) in [5.74, 6) is -1.65. The van der Waals surface area contributed by atoms with Crippen molar-refractivity contribution in [3.8, 4) is 0 Å². The SMILES string of the molecule is C=C/C=C\C=C1/C/C(=N/NC2=CC=CC=CC2F)C(=N)C(=O)C1=O.CC.CC. The van der Waals surface area contributed by atoms with Crippen LogP contribution in [-0.2, 0) is 9.59 Å². The lowest BCUT2D eigenvalue weighted by atomic mass is 9.89. The highest BCUT2D eigenvalue weighted by molar-refractivity contribution is 6.84. The van der Waals surface area contributed by atoms with Crippen molar-refractivity contribution >= 4 is 23.0 Å². The van der Waals surface area contributed by atoms with Gasteiger partial charge < -0.3 is 0 Å². The summed E-state index contributed by atoms with van der Waals surface area (Å²) in [5.41, 5.74) is 2.55. The van der Waals surface area contributed by atoms with Crippen LogP contribution in [0, 0.1) is 5.41 Å². The van der Waals surface area contributed by atoms with Gasteiger partial charge in [-0.2, -0.15) is 5.10 Å². The van der Waals surface area contributed by atoms with E-state index >= 15 is 0 Å². The Labute approximate surface area is 166 Å². The number of alkyl halides is 1. The molecule has 150 valence electrons. The van der Waals surface area contributed by atoms with Crippen LogP contribution in [-0.4, -0.2) is 29.2 Å². The van der Waals surface area contributed by atoms with Gasteiger partial charge in [0.05, 0.1) is 11.4 Å². The summed E-state index contributed by atoms with van der Waals surface area (Å²) >= 11 is 0. The molecule has 0 saturated heterocycles. The number of carbonyl (C=O) groups is 2. The Morgan fingerprint density at radius 3 is 2.46 bits per heavy atom. The fraction of sp³-hybridized carbons (Fsp3) is 0.273. The number of hydrazone groups is 1. The molecule has 0 amide bonds. The van der Waals surface area contributed by atoms with Crippen molar-refractivity contribution in [2.75, 3.05) is 0 Å². The molecule has 0 aromatic rings. The van der Waals surface area contributed by atoms with Crippen LogP contribution >= 0.6 is 0 Å². The van der Waals surface area contributed by atoms with Gasteiger partial charge in [-0.25, -0.2) is 4.39 Å². The van der Waals surface area contributed by atoms with Crippen molar-refractivity contribution in [3.63, 3.8) is 0 Å². The first kappa shape index (κ1) is 24.8. The van der Waals surface area contributed by atoms with Crippen molar-refractivity contribution in [1.82, 2.24) is 5.43 Å². The van der Waals surface area contributed by atoms with E-state index < -0.39 is 23.4 Å². The molecule has 2 aliphatic rings. The second-order valence-corrected chi connectivity index (χ2v) is 4.99. The van der Waals surface area contributed by atoms with E-state index in [2.05, 4.69) is 17.1 Å². The largest absolute Gasteiger partial charge is 0.295 e. The second-order valence-electron chi connectivity index (χ2n) is 4.99. The van der Waals surface area contributed by atoms with Gasteiger partial charge in [-0.15, -0.1) is 0 Å². The molecular weight excluding hydrogens is 357 g/mol. The predicted octanol–water partition coefficient (Wildman–Crippen LogP) is 4.56. The lowest BCUT2D eigenvalue weighted by molar-refractivity contribution is -0.130. The van der Waals surface area contributed by atoms with Crippen LogP contribution in [0.4, 0.5) is 4.39 Å². The molecule has 28 heavy (non-hydrogen) atoms. The standard InChI is InChI=1S/C18H16FN3O2.2C2H6/c1-2-3-5-8-12-11-15(16(20)18(24)17(12)23)22-21-14-10-7-4-6-9-13(14)19;2*1-2/h2-10,13,20-21H,1,11H2;2*1-2H3/b5-3-,12-8+,20-16?,22-15-;;. The summed E-state index contributed by atoms with van der Waals surface area (Å²) in [4.78, 5) is 23.8. The minimum Gasteiger partial charge on any atom is -0.295 e. The quantitative estimate of drug-likeness (QED) is 0.322. The molecule has 0 aromatic carbocycles. The third kappa shape index (κ3) is 7.23. The number of rotatable bonds is 4. The molecule has 6 heteroatoms. The van der Waals surface area contributed by atoms with Crippen LogP contribution in [0.5, 0.6) is 0 Å². The monoisotopic (exact) mass is 385 g/mol. The molecule has 5 nitrogen and oxygen atoms in total. The van der Waals surface area contributed by atoms with Gasteiger partial charge in [-0.1, -0.05) is 76.8 Å². The molecular formula is C22H28FN3O2. The third-order valence-corrected chi connectivity index (χ3v) is 3.31. The highest BCUT2D eigenvalue weighted by Gasteiger charge is 2.33. The number of nitrogens with one attached hydrogen (secondary N) is 2. The van der Waals surface area contributed by atoms with Crippen LogP contribution in [0.3, 0.4) is 0 Å². The first-order valence-corrected chi connectivity index (χ1v) is 9.22. The second kappa shape index (κ2) is 14.0. The molecule has 0 heterocycles. The Bertz CT molecular complexity index is 769. The fourth-order valence-corrected chi connectivity index (χ4v) is 2.03. The average Bonchev–Trinajstić information content (AvgIpc) is 2.94. The Balaban J connectivity index is 0.00000171. The van der Waals surface area contributed by atoms with Gasteiger partial charge in [0.1, 0.15) is 5.71 Å². The number of Topliss-reactive ketones (excluding diaryl/α,β-unsaturated/α-hetero) is 2. The zero-order chi connectivity index (χ0) is 21.5. The lowest BCUT2D eigenvalue weighted by Crippen LogP contribution is -2.38. The van der Waals surface area contributed by atoms with Crippen LogP contribution in [0.2, 0.25) is 0 Å². The van der Waals surface area contributed by atoms with Crippen LogP contribution < -0.4 is 5.43 Å². The maximum Gasteiger partial charge on any atom is 0.252 e. The zero-order valence-electron chi connectivity index (χ0n) is 16.8. The Morgan fingerprint density at radius 2 is 1.82 bits per heavy atom. The average molecular weight is 385 g/mol. The van der Waals surface area contributed by atoms with Gasteiger partial charge in [0, 0.05) is 12.0 Å². The summed E-state index contributed by atoms with van der Waals surface area (Å²) in [7, 11) is 0. The van der Waals surface area contributed by atoms with E-state index in [9.17, 15) is 14.0 Å². The molecule has 0 spiro atoms. The predicted molar refractivity (Wildman–Crippen MR) is 114 cm³/mol. The number of hydrogen-bond donors (Lipinski definition) is 2. The van der Waals surface area contributed by atoms with E-state index in [1.807, 2.05) is 27.7 Å². The van der Waals surface area contributed by atoms with E-state index in [0.717, 1.165) is 0 Å². The maximum atomic E-state index is 13.8. The number of hydrogen-bond acceptors (Lipinski definition) is 5. The van der Waals surface area contributed by atoms with E-state index in [4.69, 9.17) is 5.41 Å². The van der Waals surface area contributed by atoms with E-state index in [0.29, 0.717) is 0 Å². The molecule has 2 rings (SSSR count). The van der Waals surface area contributed by atoms with Crippen LogP contribution in [0.15, 0.2) is 77.6 Å². The number of ketones is 2. The molecule has 0 aliphatic heterocycles. The molecule has 2 N–H and O–H groups in total. The number of nitrogens with zero attached hydrogens (tertiary/aromatic N) is 1. The number of carbonyl (C=O) groups excluding carboxylic acids is 2. The fourth-order valence-electron chi connectivity index (χ4n) is 2.03. The van der Waals surface area contributed by atoms with Gasteiger partial charge in [0.15, 0.2) is 6.17 Å². The molecule has 1 atom stereocenters. The zero-order valence-corrected chi connectivity index (χ0v) is 16.8. The van der Waals surface area contributed by atoms with Crippen molar-refractivity contribution in [1.29, 1.82) is 5.41 Å². The van der Waals surface area contributed by atoms with E-state index in [1.54, 1.807) is 30.4 Å². The van der Waals surface area contributed by atoms with E-state index in [-0.39, 0.29) is 23.4 Å². The van der Waals surface area contributed by atoms with Crippen LogP contribution in [0.1, 0.15) is 34.1 Å². The van der Waals surface area contributed by atoms with Gasteiger partial charge in [0.2, 0.25) is 5.78 Å². The van der Waals surface area contributed by atoms with Crippen molar-refractivity contribution in [2.45, 2.75) is 40.3 Å². The van der Waals surface area contributed by atoms with Crippen molar-refractivity contribution < 1.29 is 14.0 Å². The van der Waals surface area contributed by atoms with Gasteiger partial charge in [-0.05, 0) is 12.2 Å². The minimum absolute atomic E-state index is 0.0216. The summed E-state index contributed by atoms with van der Waals surface area (Å²) < 4.78 is 13.8. The van der Waals surface area contributed by atoms with E-state index in [1.165, 1.54) is 24.3 Å². The first-order chi connectivity index (χ1) is 13.5. The topological polar surface area (TPSA) is 82.4 Å². The molecule has 1 fully saturated rings. The minimum atomic E-state index is -1.37. The molecule has 0 radical (unpaired) electrons. The Morgan fingerprint density at radius 1 is 1.14 bits per heavy atom. The lowest BCUT2D eigenvalue weighted by Gasteiger charge is -2.16. The third-order valence-electron chi connectivity index (χ3n) is 3.31. The van der Waals surface area contributed by atoms with Crippen LogP contribution in [0.25, 0.3) is 0 Å². The van der Waals surface area contributed by atoms with Crippen molar-refractivity contribution in [3.05, 3.63) is 72.5 Å². The van der Waals surface area contributed by atoms with Crippen molar-refractivity contribution in [2.24, 2.45) is 5.10 Å². The molecule has 1 unspecified atom stereocenters. The Kier molecular flexibility index (Phi) is 12.4. The highest BCUT2D eigenvalue weighted by Crippen LogP contribution is 2.15. The maximum absolute atomic E-state index is 13.8.